The van der Waals surface area contributed by atoms with E-state index in [2.05, 4.69) is 17.5 Å². The molecule has 1 aliphatic rings. The molecule has 0 saturated carbocycles. The van der Waals surface area contributed by atoms with Gasteiger partial charge in [0.15, 0.2) is 0 Å². The minimum Gasteiger partial charge on any atom is -0.316 e. The molecule has 1 heteroatoms. The number of nitrogens with one attached hydrogen (secondary N) is 1. The minimum absolute atomic E-state index is 1.16. The molecule has 0 radical (unpaired) electrons. The molecule has 1 nitrogen and oxygen atoms in total. The molecule has 1 aliphatic heterocycles. The number of hydrogen-bond donors (Lipinski definition) is 1. The van der Waals surface area contributed by atoms with E-state index in [9.17, 15) is 0 Å². The van der Waals surface area contributed by atoms with E-state index in [1.165, 1.54) is 32.2 Å². The predicted molar refractivity (Wildman–Crippen MR) is 40.5 cm³/mol. The first-order valence-electron chi connectivity index (χ1n) is 3.86. The van der Waals surface area contributed by atoms with Crippen LogP contribution in [0.5, 0.6) is 0 Å². The van der Waals surface area contributed by atoms with Crippen molar-refractivity contribution in [3.05, 3.63) is 12.2 Å². The maximum absolute atomic E-state index is 3.38. The van der Waals surface area contributed by atoms with Gasteiger partial charge in [0.05, 0.1) is 0 Å². The molecule has 0 amide bonds. The van der Waals surface area contributed by atoms with Gasteiger partial charge in [-0.2, -0.15) is 0 Å². The summed E-state index contributed by atoms with van der Waals surface area (Å²) in [4.78, 5) is 0. The highest BCUT2D eigenvalue weighted by Crippen LogP contribution is 1.98. The second-order valence-electron chi connectivity index (χ2n) is 2.51. The maximum atomic E-state index is 3.38. The van der Waals surface area contributed by atoms with Crippen molar-refractivity contribution in [2.75, 3.05) is 13.1 Å². The smallest absolute Gasteiger partial charge is 0.00143 e. The zero-order chi connectivity index (χ0) is 6.36. The maximum Gasteiger partial charge on any atom is -0.00143 e. The van der Waals surface area contributed by atoms with Gasteiger partial charge in [0.25, 0.3) is 0 Å². The second-order valence-corrected chi connectivity index (χ2v) is 2.51. The van der Waals surface area contributed by atoms with Crippen LogP contribution in [0.25, 0.3) is 0 Å². The summed E-state index contributed by atoms with van der Waals surface area (Å²) in [7, 11) is 0. The predicted octanol–water partition coefficient (Wildman–Crippen LogP) is 1.71. The summed E-state index contributed by atoms with van der Waals surface area (Å²) in [5.41, 5.74) is 0. The standard InChI is InChI=1S/C8H15N/c1-2-4-6-8-9-7-5-3-1/h1,3,9H,2,4-8H2/b3-1-. The van der Waals surface area contributed by atoms with Gasteiger partial charge in [0.2, 0.25) is 0 Å². The Bertz CT molecular complexity index is 76.6. The first-order chi connectivity index (χ1) is 4.50. The van der Waals surface area contributed by atoms with Crippen LogP contribution in [0.15, 0.2) is 12.2 Å². The van der Waals surface area contributed by atoms with Crippen molar-refractivity contribution < 1.29 is 0 Å². The molecule has 0 bridgehead atoms. The van der Waals surface area contributed by atoms with E-state index in [1.54, 1.807) is 0 Å². The molecule has 1 N–H and O–H groups in total. The SMILES string of the molecule is C1=C\CCNCCCC/1. The summed E-state index contributed by atoms with van der Waals surface area (Å²) in [6.07, 6.45) is 9.75. The first kappa shape index (κ1) is 6.81. The lowest BCUT2D eigenvalue weighted by Gasteiger charge is -1.97. The van der Waals surface area contributed by atoms with Crippen molar-refractivity contribution in [3.8, 4) is 0 Å². The molecule has 9 heavy (non-hydrogen) atoms. The number of hydrogen-bond acceptors (Lipinski definition) is 1. The van der Waals surface area contributed by atoms with Gasteiger partial charge in [-0.1, -0.05) is 12.2 Å². The highest BCUT2D eigenvalue weighted by Gasteiger charge is 1.89. The van der Waals surface area contributed by atoms with Crippen LogP contribution in [0.1, 0.15) is 25.7 Å². The molecule has 0 aliphatic carbocycles. The molecule has 0 aromatic rings. The van der Waals surface area contributed by atoms with Gasteiger partial charge in [0, 0.05) is 0 Å². The van der Waals surface area contributed by atoms with Crippen LogP contribution in [-0.4, -0.2) is 13.1 Å². The molecule has 0 unspecified atom stereocenters. The van der Waals surface area contributed by atoms with Gasteiger partial charge < -0.3 is 5.32 Å². The average Bonchev–Trinajstić information content (AvgIpc) is 2.00. The Kier molecular flexibility index (Phi) is 3.46. The second kappa shape index (κ2) is 4.57. The van der Waals surface area contributed by atoms with Gasteiger partial charge >= 0.3 is 0 Å². The summed E-state index contributed by atoms with van der Waals surface area (Å²) >= 11 is 0. The van der Waals surface area contributed by atoms with Crippen LogP contribution in [0.4, 0.5) is 0 Å². The monoisotopic (exact) mass is 125 g/mol. The fraction of sp³-hybridized carbons (Fsp3) is 0.750. The molecule has 0 saturated heterocycles. The Hall–Kier alpha value is -0.300. The molecule has 0 atom stereocenters. The summed E-state index contributed by atoms with van der Waals surface area (Å²) in [6, 6.07) is 0. The van der Waals surface area contributed by atoms with Gasteiger partial charge in [-0.25, -0.2) is 0 Å². The molecule has 1 heterocycles. The Morgan fingerprint density at radius 3 is 2.78 bits per heavy atom. The molecular weight excluding hydrogens is 110 g/mol. The van der Waals surface area contributed by atoms with Crippen LogP contribution >= 0.6 is 0 Å². The lowest BCUT2D eigenvalue weighted by Crippen LogP contribution is -2.15. The third-order valence-electron chi connectivity index (χ3n) is 1.63. The first-order valence-corrected chi connectivity index (χ1v) is 3.86. The van der Waals surface area contributed by atoms with Crippen LogP contribution in [0, 0.1) is 0 Å². The lowest BCUT2D eigenvalue weighted by molar-refractivity contribution is 0.640. The molecular formula is C8H15N. The zero-order valence-corrected chi connectivity index (χ0v) is 5.90. The molecule has 0 aromatic carbocycles. The van der Waals surface area contributed by atoms with Crippen LogP contribution in [-0.2, 0) is 0 Å². The van der Waals surface area contributed by atoms with Crippen molar-refractivity contribution in [3.63, 3.8) is 0 Å². The summed E-state index contributed by atoms with van der Waals surface area (Å²) in [6.45, 7) is 2.37. The Morgan fingerprint density at radius 2 is 1.78 bits per heavy atom. The third kappa shape index (κ3) is 3.31. The Morgan fingerprint density at radius 1 is 0.889 bits per heavy atom. The van der Waals surface area contributed by atoms with Gasteiger partial charge in [-0.3, -0.25) is 0 Å². The van der Waals surface area contributed by atoms with Gasteiger partial charge in [-0.15, -0.1) is 0 Å². The largest absolute Gasteiger partial charge is 0.316 e. The summed E-state index contributed by atoms with van der Waals surface area (Å²) in [5, 5.41) is 3.38. The average molecular weight is 125 g/mol. The van der Waals surface area contributed by atoms with Crippen LogP contribution in [0.2, 0.25) is 0 Å². The van der Waals surface area contributed by atoms with E-state index in [-0.39, 0.29) is 0 Å². The topological polar surface area (TPSA) is 12.0 Å². The van der Waals surface area contributed by atoms with Crippen molar-refractivity contribution in [2.24, 2.45) is 0 Å². The highest BCUT2D eigenvalue weighted by molar-refractivity contribution is 4.83. The van der Waals surface area contributed by atoms with Crippen molar-refractivity contribution in [2.45, 2.75) is 25.7 Å². The number of allylic oxidation sites excluding steroid dienone is 1. The molecule has 52 valence electrons. The molecule has 1 rings (SSSR count). The van der Waals surface area contributed by atoms with Crippen molar-refractivity contribution in [1.29, 1.82) is 0 Å². The van der Waals surface area contributed by atoms with Crippen molar-refractivity contribution >= 4 is 0 Å². The number of rotatable bonds is 0. The third-order valence-corrected chi connectivity index (χ3v) is 1.63. The van der Waals surface area contributed by atoms with E-state index in [0.717, 1.165) is 6.54 Å². The fourth-order valence-electron chi connectivity index (χ4n) is 1.06. The minimum atomic E-state index is 1.16. The van der Waals surface area contributed by atoms with E-state index in [4.69, 9.17) is 0 Å². The Balaban J connectivity index is 2.15. The van der Waals surface area contributed by atoms with E-state index in [1.807, 2.05) is 0 Å². The Labute approximate surface area is 57.1 Å². The lowest BCUT2D eigenvalue weighted by atomic mass is 10.2. The van der Waals surface area contributed by atoms with Crippen LogP contribution < -0.4 is 5.32 Å². The quantitative estimate of drug-likeness (QED) is 0.486. The summed E-state index contributed by atoms with van der Waals surface area (Å²) < 4.78 is 0. The van der Waals surface area contributed by atoms with E-state index in [0.29, 0.717) is 0 Å². The molecule has 0 fully saturated rings. The van der Waals surface area contributed by atoms with E-state index >= 15 is 0 Å². The van der Waals surface area contributed by atoms with Gasteiger partial charge in [0.1, 0.15) is 0 Å². The van der Waals surface area contributed by atoms with E-state index < -0.39 is 0 Å². The highest BCUT2D eigenvalue weighted by atomic mass is 14.8. The fourth-order valence-corrected chi connectivity index (χ4v) is 1.06. The molecule has 0 spiro atoms. The molecule has 0 aromatic heterocycles. The van der Waals surface area contributed by atoms with Crippen LogP contribution in [0.3, 0.4) is 0 Å². The normalized spacial score (nSPS) is 25.8. The van der Waals surface area contributed by atoms with Crippen molar-refractivity contribution in [1.82, 2.24) is 5.32 Å². The summed E-state index contributed by atoms with van der Waals surface area (Å²) in [5.74, 6) is 0. The zero-order valence-electron chi connectivity index (χ0n) is 5.90. The van der Waals surface area contributed by atoms with Gasteiger partial charge in [-0.05, 0) is 38.8 Å².